The Bertz CT molecular complexity index is 1510. The van der Waals surface area contributed by atoms with E-state index >= 15 is 0 Å². The molecule has 0 aliphatic heterocycles. The predicted octanol–water partition coefficient (Wildman–Crippen LogP) is 22.4. The zero-order valence-electron chi connectivity index (χ0n) is 50.7. The Morgan fingerprint density at radius 2 is 0.506 bits per heavy atom. The highest BCUT2D eigenvalue weighted by Crippen LogP contribution is 2.16. The van der Waals surface area contributed by atoms with E-state index < -0.39 is 6.10 Å². The van der Waals surface area contributed by atoms with Gasteiger partial charge in [-0.25, -0.2) is 0 Å². The van der Waals surface area contributed by atoms with Crippen molar-refractivity contribution in [2.24, 2.45) is 0 Å². The van der Waals surface area contributed by atoms with E-state index in [1.165, 1.54) is 167 Å². The highest BCUT2D eigenvalue weighted by Gasteiger charge is 2.19. The van der Waals surface area contributed by atoms with Crippen LogP contribution in [0.3, 0.4) is 0 Å². The molecule has 6 nitrogen and oxygen atoms in total. The Kier molecular flexibility index (Phi) is 61.8. The van der Waals surface area contributed by atoms with Crippen molar-refractivity contribution >= 4 is 17.9 Å². The average Bonchev–Trinajstić information content (AvgIpc) is 3.43. The lowest BCUT2D eigenvalue weighted by atomic mass is 10.0. The van der Waals surface area contributed by atoms with Crippen molar-refractivity contribution in [3.05, 3.63) is 97.2 Å². The monoisotopic (exact) mass is 1070 g/mol. The fraction of sp³-hybridized carbons (Fsp3) is 0.732. The van der Waals surface area contributed by atoms with E-state index in [9.17, 15) is 14.4 Å². The van der Waals surface area contributed by atoms with E-state index in [2.05, 4.69) is 118 Å². The SMILES string of the molecule is CC/C=C\C/C=C\C/C=C\C/C=C\C/C=C\C/C=C\C/C=C\CCCCCCCCCC(=O)OCC(COC(=O)CCCCCCCCC)OC(=O)CCCCCCCCCCCCC/C=C\CCCCCCCCCC. The summed E-state index contributed by atoms with van der Waals surface area (Å²) in [7, 11) is 0. The van der Waals surface area contributed by atoms with Gasteiger partial charge in [-0.2, -0.15) is 0 Å². The molecule has 0 N–H and O–H groups in total. The van der Waals surface area contributed by atoms with Crippen LogP contribution in [0.2, 0.25) is 0 Å². The summed E-state index contributed by atoms with van der Waals surface area (Å²) in [5.41, 5.74) is 0. The Morgan fingerprint density at radius 1 is 0.273 bits per heavy atom. The van der Waals surface area contributed by atoms with Gasteiger partial charge in [-0.3, -0.25) is 14.4 Å². The summed E-state index contributed by atoms with van der Waals surface area (Å²) in [6.45, 7) is 6.50. The Morgan fingerprint density at radius 3 is 0.805 bits per heavy atom. The minimum Gasteiger partial charge on any atom is -0.462 e. The van der Waals surface area contributed by atoms with Crippen LogP contribution in [0.1, 0.15) is 316 Å². The second kappa shape index (κ2) is 64.9. The second-order valence-corrected chi connectivity index (χ2v) is 21.6. The molecule has 0 bridgehead atoms. The smallest absolute Gasteiger partial charge is 0.306 e. The van der Waals surface area contributed by atoms with Gasteiger partial charge in [0.05, 0.1) is 0 Å². The third-order valence-electron chi connectivity index (χ3n) is 14.1. The summed E-state index contributed by atoms with van der Waals surface area (Å²) < 4.78 is 16.8. The first kappa shape index (κ1) is 73.3. The molecule has 0 radical (unpaired) electrons. The standard InChI is InChI=1S/C71H122O6/c1-4-7-10-13-16-18-20-22-24-26-28-30-32-33-34-35-36-37-39-40-42-44-46-48-50-52-55-58-61-64-70(73)76-67-68(66-75-69(72)63-60-57-54-15-12-9-6-3)77-71(74)65-62-59-56-53-51-49-47-45-43-41-38-31-29-27-25-23-21-19-17-14-11-8-5-2/h7,10,16,18,22,24,27-30,33-34,36-37,40,42,68H,4-6,8-9,11-15,17,19-21,23,25-26,31-32,35,38-39,41,43-67H2,1-3H3/b10-7-,18-16-,24-22-,29-27-,30-28-,34-33-,37-36-,42-40-. The molecular weight excluding hydrogens is 949 g/mol. The summed E-state index contributed by atoms with van der Waals surface area (Å²) in [5, 5.41) is 0. The highest BCUT2D eigenvalue weighted by molar-refractivity contribution is 5.71. The second-order valence-electron chi connectivity index (χ2n) is 21.6. The van der Waals surface area contributed by atoms with E-state index in [0.717, 1.165) is 109 Å². The van der Waals surface area contributed by atoms with E-state index in [4.69, 9.17) is 14.2 Å². The zero-order chi connectivity index (χ0) is 55.7. The van der Waals surface area contributed by atoms with Crippen LogP contribution >= 0.6 is 0 Å². The van der Waals surface area contributed by atoms with Crippen molar-refractivity contribution in [1.29, 1.82) is 0 Å². The van der Waals surface area contributed by atoms with Crippen LogP contribution in [0.5, 0.6) is 0 Å². The van der Waals surface area contributed by atoms with Crippen molar-refractivity contribution in [3.8, 4) is 0 Å². The number of carbonyl (C=O) groups is 3. The number of hydrogen-bond acceptors (Lipinski definition) is 6. The maximum absolute atomic E-state index is 12.9. The number of ether oxygens (including phenoxy) is 3. The Labute approximate surface area is 477 Å². The van der Waals surface area contributed by atoms with Crippen molar-refractivity contribution in [2.45, 2.75) is 322 Å². The first-order valence-corrected chi connectivity index (χ1v) is 32.7. The largest absolute Gasteiger partial charge is 0.462 e. The average molecular weight is 1070 g/mol. The molecule has 0 saturated carbocycles. The number of hydrogen-bond donors (Lipinski definition) is 0. The fourth-order valence-electron chi connectivity index (χ4n) is 9.18. The number of carbonyl (C=O) groups excluding carboxylic acids is 3. The lowest BCUT2D eigenvalue weighted by Crippen LogP contribution is -2.30. The van der Waals surface area contributed by atoms with E-state index in [1.54, 1.807) is 0 Å². The van der Waals surface area contributed by atoms with Crippen LogP contribution in [0, 0.1) is 0 Å². The van der Waals surface area contributed by atoms with Gasteiger partial charge in [0, 0.05) is 19.3 Å². The number of rotatable bonds is 59. The van der Waals surface area contributed by atoms with Gasteiger partial charge in [-0.1, -0.05) is 291 Å². The van der Waals surface area contributed by atoms with Gasteiger partial charge in [0.2, 0.25) is 0 Å². The molecule has 0 aliphatic carbocycles. The molecule has 0 rings (SSSR count). The molecule has 1 atom stereocenters. The van der Waals surface area contributed by atoms with Gasteiger partial charge < -0.3 is 14.2 Å². The molecule has 0 aromatic rings. The van der Waals surface area contributed by atoms with Gasteiger partial charge in [-0.05, 0) is 103 Å². The summed E-state index contributed by atoms with van der Waals surface area (Å²) in [4.78, 5) is 38.1. The van der Waals surface area contributed by atoms with Crippen molar-refractivity contribution in [3.63, 3.8) is 0 Å². The van der Waals surface area contributed by atoms with Crippen LogP contribution in [-0.2, 0) is 28.6 Å². The number of unbranched alkanes of at least 4 members (excludes halogenated alkanes) is 32. The van der Waals surface area contributed by atoms with Crippen LogP contribution in [-0.4, -0.2) is 37.2 Å². The molecule has 0 fully saturated rings. The van der Waals surface area contributed by atoms with E-state index in [1.807, 2.05) is 0 Å². The minimum atomic E-state index is -0.781. The highest BCUT2D eigenvalue weighted by atomic mass is 16.6. The van der Waals surface area contributed by atoms with Crippen molar-refractivity contribution in [2.75, 3.05) is 13.2 Å². The Hall–Kier alpha value is -3.67. The molecule has 0 saturated heterocycles. The van der Waals surface area contributed by atoms with Gasteiger partial charge in [0.15, 0.2) is 6.10 Å². The van der Waals surface area contributed by atoms with Crippen LogP contribution in [0.4, 0.5) is 0 Å². The van der Waals surface area contributed by atoms with Crippen molar-refractivity contribution < 1.29 is 28.6 Å². The summed E-state index contributed by atoms with van der Waals surface area (Å²) >= 11 is 0. The van der Waals surface area contributed by atoms with E-state index in [0.29, 0.717) is 19.3 Å². The molecule has 0 aliphatic rings. The van der Waals surface area contributed by atoms with Crippen molar-refractivity contribution in [1.82, 2.24) is 0 Å². The minimum absolute atomic E-state index is 0.0793. The van der Waals surface area contributed by atoms with Crippen LogP contribution < -0.4 is 0 Å². The van der Waals surface area contributed by atoms with Gasteiger partial charge >= 0.3 is 17.9 Å². The molecule has 442 valence electrons. The lowest BCUT2D eigenvalue weighted by Gasteiger charge is -2.18. The molecule has 6 heteroatoms. The quantitative estimate of drug-likeness (QED) is 0.0261. The lowest BCUT2D eigenvalue weighted by molar-refractivity contribution is -0.167. The van der Waals surface area contributed by atoms with Crippen LogP contribution in [0.15, 0.2) is 97.2 Å². The molecule has 0 heterocycles. The van der Waals surface area contributed by atoms with Gasteiger partial charge in [0.25, 0.3) is 0 Å². The maximum atomic E-state index is 12.9. The first-order chi connectivity index (χ1) is 38.0. The summed E-state index contributed by atoms with van der Waals surface area (Å²) in [5.74, 6) is -0.889. The maximum Gasteiger partial charge on any atom is 0.306 e. The molecule has 77 heavy (non-hydrogen) atoms. The number of esters is 3. The summed E-state index contributed by atoms with van der Waals surface area (Å²) in [6.07, 6.45) is 87.3. The van der Waals surface area contributed by atoms with Gasteiger partial charge in [-0.15, -0.1) is 0 Å². The summed E-state index contributed by atoms with van der Waals surface area (Å²) in [6, 6.07) is 0. The fourth-order valence-corrected chi connectivity index (χ4v) is 9.18. The molecule has 0 aromatic heterocycles. The third-order valence-corrected chi connectivity index (χ3v) is 14.1. The normalized spacial score (nSPS) is 12.7. The van der Waals surface area contributed by atoms with E-state index in [-0.39, 0.29) is 31.1 Å². The van der Waals surface area contributed by atoms with Crippen LogP contribution in [0.25, 0.3) is 0 Å². The topological polar surface area (TPSA) is 78.9 Å². The Balaban J connectivity index is 4.16. The molecule has 1 unspecified atom stereocenters. The molecular formula is C71H122O6. The third kappa shape index (κ3) is 63.0. The van der Waals surface area contributed by atoms with Gasteiger partial charge in [0.1, 0.15) is 13.2 Å². The number of allylic oxidation sites excluding steroid dienone is 16. The molecule has 0 amide bonds. The molecule has 0 aromatic carbocycles. The predicted molar refractivity (Wildman–Crippen MR) is 334 cm³/mol. The zero-order valence-corrected chi connectivity index (χ0v) is 50.7. The first-order valence-electron chi connectivity index (χ1n) is 32.7. The molecule has 0 spiro atoms.